The highest BCUT2D eigenvalue weighted by Crippen LogP contribution is 2.30. The van der Waals surface area contributed by atoms with Crippen LogP contribution in [0.4, 0.5) is 5.82 Å². The van der Waals surface area contributed by atoms with E-state index in [1.807, 2.05) is 30.3 Å². The van der Waals surface area contributed by atoms with Gasteiger partial charge in [-0.1, -0.05) is 18.2 Å². The number of furan rings is 1. The number of nitrogens with zero attached hydrogens (tertiary/aromatic N) is 4. The molecule has 0 spiro atoms. The second-order valence-electron chi connectivity index (χ2n) is 8.68. The topological polar surface area (TPSA) is 175 Å². The Morgan fingerprint density at radius 2 is 2.11 bits per heavy atom. The first-order valence-electron chi connectivity index (χ1n) is 11.2. The van der Waals surface area contributed by atoms with E-state index in [-0.39, 0.29) is 29.7 Å². The molecule has 0 aliphatic heterocycles. The molecule has 0 unspecified atom stereocenters. The van der Waals surface area contributed by atoms with Crippen molar-refractivity contribution in [1.29, 1.82) is 0 Å². The maximum atomic E-state index is 13.2. The number of hydrogen-bond acceptors (Lipinski definition) is 10. The lowest BCUT2D eigenvalue weighted by Crippen LogP contribution is -2.24. The summed E-state index contributed by atoms with van der Waals surface area (Å²) in [5, 5.41) is 23.7. The van der Waals surface area contributed by atoms with E-state index in [0.717, 1.165) is 11.0 Å². The van der Waals surface area contributed by atoms with Crippen LogP contribution in [0.5, 0.6) is 0 Å². The maximum Gasteiger partial charge on any atom is 0.333 e. The molecule has 1 aliphatic carbocycles. The number of para-hydroxylation sites is 1. The van der Waals surface area contributed by atoms with Crippen LogP contribution in [-0.2, 0) is 21.0 Å². The molecule has 1 aromatic carbocycles. The Morgan fingerprint density at radius 1 is 1.28 bits per heavy atom. The molecule has 5 rings (SSSR count). The predicted octanol–water partition coefficient (Wildman–Crippen LogP) is 1.47. The van der Waals surface area contributed by atoms with E-state index in [0.29, 0.717) is 31.0 Å². The molecule has 3 aromatic heterocycles. The van der Waals surface area contributed by atoms with Crippen molar-refractivity contribution in [2.24, 2.45) is 11.1 Å². The average Bonchev–Trinajstić information content (AvgIpc) is 3.55. The van der Waals surface area contributed by atoms with Gasteiger partial charge in [-0.3, -0.25) is 13.7 Å². The summed E-state index contributed by atoms with van der Waals surface area (Å²) in [6.45, 7) is 0.136. The molecule has 3 heterocycles. The molecule has 0 saturated heterocycles. The van der Waals surface area contributed by atoms with E-state index in [4.69, 9.17) is 9.56 Å². The molecule has 3 atom stereocenters. The van der Waals surface area contributed by atoms with E-state index >= 15 is 0 Å². The third-order valence-electron chi connectivity index (χ3n) is 6.07. The molecule has 188 valence electrons. The van der Waals surface area contributed by atoms with E-state index < -0.39 is 22.3 Å². The fourth-order valence-electron chi connectivity index (χ4n) is 4.37. The zero-order valence-corrected chi connectivity index (χ0v) is 19.8. The number of benzene rings is 1. The van der Waals surface area contributed by atoms with E-state index in [9.17, 15) is 18.3 Å². The zero-order chi connectivity index (χ0) is 25.3. The Balaban J connectivity index is 1.27. The number of aliphatic hydroxyl groups excluding tert-OH is 1. The van der Waals surface area contributed by atoms with Crippen molar-refractivity contribution in [2.75, 3.05) is 11.9 Å². The van der Waals surface area contributed by atoms with Gasteiger partial charge in [-0.25, -0.2) is 15.1 Å². The fraction of sp³-hybridized carbons (Fsp3) is 0.304. The first kappa shape index (κ1) is 24.1. The van der Waals surface area contributed by atoms with Crippen molar-refractivity contribution in [3.05, 3.63) is 72.1 Å². The molecule has 0 radical (unpaired) electrons. The van der Waals surface area contributed by atoms with Crippen molar-refractivity contribution in [3.63, 3.8) is 0 Å². The number of nitrogens with two attached hydrogens (primary N) is 1. The monoisotopic (exact) mass is 512 g/mol. The summed E-state index contributed by atoms with van der Waals surface area (Å²) in [5.41, 5.74) is 1.23. The van der Waals surface area contributed by atoms with Gasteiger partial charge in [0.15, 0.2) is 0 Å². The van der Waals surface area contributed by atoms with Crippen LogP contribution >= 0.6 is 0 Å². The second kappa shape index (κ2) is 9.78. The van der Waals surface area contributed by atoms with Gasteiger partial charge in [0.05, 0.1) is 24.8 Å². The van der Waals surface area contributed by atoms with Crippen LogP contribution in [0.2, 0.25) is 0 Å². The van der Waals surface area contributed by atoms with Gasteiger partial charge in [-0.2, -0.15) is 13.5 Å². The Kier molecular flexibility index (Phi) is 6.53. The third-order valence-corrected chi connectivity index (χ3v) is 6.53. The van der Waals surface area contributed by atoms with Gasteiger partial charge in [0.2, 0.25) is 5.78 Å². The van der Waals surface area contributed by atoms with Crippen LogP contribution in [0, 0.1) is 5.92 Å². The van der Waals surface area contributed by atoms with Crippen LogP contribution < -0.4 is 10.5 Å². The highest BCUT2D eigenvalue weighted by atomic mass is 32.2. The molecule has 1 saturated carbocycles. The molecule has 4 N–H and O–H groups in total. The van der Waals surface area contributed by atoms with Gasteiger partial charge in [-0.05, 0) is 31.0 Å². The highest BCUT2D eigenvalue weighted by Gasteiger charge is 2.34. The molecule has 4 aromatic rings. The minimum atomic E-state index is -4.10. The summed E-state index contributed by atoms with van der Waals surface area (Å²) < 4.78 is 34.2. The lowest BCUT2D eigenvalue weighted by Gasteiger charge is -2.15. The molecule has 1 fully saturated rings. The Morgan fingerprint density at radius 3 is 2.92 bits per heavy atom. The van der Waals surface area contributed by atoms with E-state index in [1.165, 1.54) is 12.5 Å². The van der Waals surface area contributed by atoms with Gasteiger partial charge in [0, 0.05) is 29.7 Å². The molecule has 0 amide bonds. The van der Waals surface area contributed by atoms with Crippen molar-refractivity contribution in [1.82, 2.24) is 19.7 Å². The smallest absolute Gasteiger partial charge is 0.333 e. The normalized spacial score (nSPS) is 20.1. The van der Waals surface area contributed by atoms with Crippen molar-refractivity contribution in [3.8, 4) is 0 Å². The number of nitrogens with one attached hydrogen (secondary N) is 1. The second-order valence-corrected chi connectivity index (χ2v) is 9.90. The third kappa shape index (κ3) is 5.44. The van der Waals surface area contributed by atoms with Crippen LogP contribution in [0.3, 0.4) is 0 Å². The van der Waals surface area contributed by atoms with Gasteiger partial charge in [0.1, 0.15) is 29.2 Å². The predicted molar refractivity (Wildman–Crippen MR) is 128 cm³/mol. The van der Waals surface area contributed by atoms with Gasteiger partial charge < -0.3 is 14.8 Å². The summed E-state index contributed by atoms with van der Waals surface area (Å²) >= 11 is 0. The van der Waals surface area contributed by atoms with Crippen molar-refractivity contribution >= 4 is 32.9 Å². The maximum absolute atomic E-state index is 13.2. The molecule has 0 bridgehead atoms. The molecule has 36 heavy (non-hydrogen) atoms. The summed E-state index contributed by atoms with van der Waals surface area (Å²) in [7, 11) is -4.10. The molecule has 1 aliphatic rings. The minimum Gasteiger partial charge on any atom is -0.459 e. The number of fused-ring (bicyclic) bond motifs is 1. The summed E-state index contributed by atoms with van der Waals surface area (Å²) in [4.78, 5) is 21.4. The first-order valence-corrected chi connectivity index (χ1v) is 12.7. The molecular formula is C23H24N6O6S. The van der Waals surface area contributed by atoms with Crippen LogP contribution in [0.25, 0.3) is 11.0 Å². The Hall–Kier alpha value is -3.65. The van der Waals surface area contributed by atoms with E-state index in [2.05, 4.69) is 24.6 Å². The number of aliphatic hydroxyl groups is 1. The molecule has 13 heteroatoms. The lowest BCUT2D eigenvalue weighted by atomic mass is 10.1. The Labute approximate surface area is 206 Å². The van der Waals surface area contributed by atoms with Crippen molar-refractivity contribution in [2.45, 2.75) is 31.5 Å². The van der Waals surface area contributed by atoms with Crippen LogP contribution in [-0.4, -0.2) is 57.8 Å². The number of carbonyl (C=O) groups is 1. The minimum absolute atomic E-state index is 0.217. The highest BCUT2D eigenvalue weighted by molar-refractivity contribution is 7.84. The number of ketones is 1. The number of carbonyl (C=O) groups excluding carboxylic acids is 1. The van der Waals surface area contributed by atoms with Gasteiger partial charge >= 0.3 is 10.3 Å². The average molecular weight is 513 g/mol. The number of anilines is 1. The fourth-order valence-corrected chi connectivity index (χ4v) is 4.73. The van der Waals surface area contributed by atoms with Gasteiger partial charge in [0.25, 0.3) is 0 Å². The summed E-state index contributed by atoms with van der Waals surface area (Å²) in [6, 6.07) is 11.0. The quantitative estimate of drug-likeness (QED) is 0.278. The number of rotatable bonds is 9. The molecular weight excluding hydrogens is 488 g/mol. The zero-order valence-electron chi connectivity index (χ0n) is 19.0. The lowest BCUT2D eigenvalue weighted by molar-refractivity contribution is 0.101. The standard InChI is InChI=1S/C23H24N6O6S/c24-36(32,33)34-12-15-7-16(9-20(15)30)27-23-18(10-25-13-26-23)22(31)19-5-6-29(28-19)11-17-8-14-3-1-2-4-21(14)35-17/h1-6,8,10,13,15-16,20,30H,7,9,11-12H2,(H2,24,32,33)(H,25,26,27)/t15-,16-,20+/m1/s1. The first-order chi connectivity index (χ1) is 17.2. The Bertz CT molecular complexity index is 1470. The van der Waals surface area contributed by atoms with E-state index in [1.54, 1.807) is 16.9 Å². The summed E-state index contributed by atoms with van der Waals surface area (Å²) in [6.07, 6.45) is 4.35. The SMILES string of the molecule is NS(=O)(=O)OC[C@H]1C[C@@H](Nc2ncncc2C(=O)c2ccn(Cc3cc4ccccc4o3)n2)C[C@@H]1O. The van der Waals surface area contributed by atoms with Gasteiger partial charge in [-0.15, -0.1) is 0 Å². The van der Waals surface area contributed by atoms with Crippen LogP contribution in [0.1, 0.15) is 34.7 Å². The number of aromatic nitrogens is 4. The summed E-state index contributed by atoms with van der Waals surface area (Å²) in [5.74, 6) is 0.210. The number of hydrogen-bond donors (Lipinski definition) is 3. The van der Waals surface area contributed by atoms with Crippen LogP contribution in [0.15, 0.2) is 59.5 Å². The van der Waals surface area contributed by atoms with Crippen molar-refractivity contribution < 1.29 is 26.9 Å². The largest absolute Gasteiger partial charge is 0.459 e. The molecule has 12 nitrogen and oxygen atoms in total.